The molecule has 1 aromatic rings. The van der Waals surface area contributed by atoms with Gasteiger partial charge in [0, 0.05) is 30.4 Å². The van der Waals surface area contributed by atoms with E-state index >= 15 is 0 Å². The Morgan fingerprint density at radius 1 is 1.20 bits per heavy atom. The van der Waals surface area contributed by atoms with Gasteiger partial charge in [0.2, 0.25) is 0 Å². The lowest BCUT2D eigenvalue weighted by Crippen LogP contribution is -2.56. The number of hydrogen-bond donors (Lipinski definition) is 0. The first-order valence-electron chi connectivity index (χ1n) is 10.6. The van der Waals surface area contributed by atoms with Crippen molar-refractivity contribution in [3.63, 3.8) is 0 Å². The van der Waals surface area contributed by atoms with E-state index in [2.05, 4.69) is 4.90 Å². The van der Waals surface area contributed by atoms with Crippen LogP contribution >= 0.6 is 0 Å². The van der Waals surface area contributed by atoms with Crippen LogP contribution < -0.4 is 4.90 Å². The smallest absolute Gasteiger partial charge is 0.410 e. The number of ether oxygens (including phenoxy) is 2. The van der Waals surface area contributed by atoms with E-state index in [1.165, 1.54) is 19.2 Å². The molecule has 0 saturated carbocycles. The maximum Gasteiger partial charge on any atom is 0.410 e. The third-order valence-electron chi connectivity index (χ3n) is 5.62. The van der Waals surface area contributed by atoms with Crippen LogP contribution in [0, 0.1) is 12.7 Å². The van der Waals surface area contributed by atoms with Gasteiger partial charge in [-0.1, -0.05) is 0 Å². The molecule has 30 heavy (non-hydrogen) atoms. The molecule has 1 aliphatic rings. The van der Waals surface area contributed by atoms with Crippen molar-refractivity contribution in [3.8, 4) is 0 Å². The Balaban J connectivity index is 2.31. The summed E-state index contributed by atoms with van der Waals surface area (Å²) in [5.41, 5.74) is 1.07. The second kappa shape index (κ2) is 9.23. The van der Waals surface area contributed by atoms with Crippen molar-refractivity contribution < 1.29 is 23.5 Å². The first kappa shape index (κ1) is 24.0. The fourth-order valence-electron chi connectivity index (χ4n) is 4.38. The number of halogens is 1. The number of amides is 1. The predicted molar refractivity (Wildman–Crippen MR) is 116 cm³/mol. The lowest BCUT2D eigenvalue weighted by molar-refractivity contribution is -0.00252. The van der Waals surface area contributed by atoms with Crippen LogP contribution in [0.25, 0.3) is 0 Å². The summed E-state index contributed by atoms with van der Waals surface area (Å²) in [4.78, 5) is 28.7. The van der Waals surface area contributed by atoms with Crippen molar-refractivity contribution in [2.24, 2.45) is 0 Å². The van der Waals surface area contributed by atoms with Gasteiger partial charge in [0.25, 0.3) is 0 Å². The number of rotatable bonds is 4. The molecule has 1 aliphatic heterocycles. The van der Waals surface area contributed by atoms with Gasteiger partial charge in [-0.25, -0.2) is 14.0 Å². The summed E-state index contributed by atoms with van der Waals surface area (Å²) in [5, 5.41) is 0. The third-order valence-corrected chi connectivity index (χ3v) is 5.62. The molecule has 3 atom stereocenters. The Morgan fingerprint density at radius 2 is 1.77 bits per heavy atom. The summed E-state index contributed by atoms with van der Waals surface area (Å²) in [7, 11) is 1.29. The molecule has 2 unspecified atom stereocenters. The number of anilines is 1. The van der Waals surface area contributed by atoms with Crippen molar-refractivity contribution >= 4 is 17.7 Å². The Labute approximate surface area is 179 Å². The highest BCUT2D eigenvalue weighted by molar-refractivity contribution is 5.92. The van der Waals surface area contributed by atoms with E-state index in [0.29, 0.717) is 17.8 Å². The van der Waals surface area contributed by atoms with Crippen LogP contribution in [0.15, 0.2) is 12.1 Å². The van der Waals surface area contributed by atoms with Crippen molar-refractivity contribution in [3.05, 3.63) is 29.1 Å². The Morgan fingerprint density at radius 3 is 2.23 bits per heavy atom. The fraction of sp³-hybridized carbons (Fsp3) is 0.652. The maximum atomic E-state index is 14.3. The number of hydrogen-bond acceptors (Lipinski definition) is 5. The van der Waals surface area contributed by atoms with Crippen molar-refractivity contribution in [1.29, 1.82) is 0 Å². The molecule has 2 rings (SSSR count). The first-order valence-corrected chi connectivity index (χ1v) is 10.6. The molecule has 0 radical (unpaired) electrons. The minimum absolute atomic E-state index is 0.0309. The highest BCUT2D eigenvalue weighted by Crippen LogP contribution is 2.34. The largest absolute Gasteiger partial charge is 0.465 e. The van der Waals surface area contributed by atoms with E-state index < -0.39 is 17.4 Å². The summed E-state index contributed by atoms with van der Waals surface area (Å²) in [6.07, 6.45) is 1.14. The zero-order valence-corrected chi connectivity index (χ0v) is 19.4. The maximum absolute atomic E-state index is 14.3. The topological polar surface area (TPSA) is 59.1 Å². The van der Waals surface area contributed by atoms with Crippen LogP contribution in [0.1, 0.15) is 70.3 Å². The van der Waals surface area contributed by atoms with E-state index in [0.717, 1.165) is 12.8 Å². The molecular weight excluding hydrogens is 387 g/mol. The van der Waals surface area contributed by atoms with Crippen LogP contribution in [0.4, 0.5) is 14.9 Å². The molecule has 6 nitrogen and oxygen atoms in total. The molecule has 0 bridgehead atoms. The van der Waals surface area contributed by atoms with Gasteiger partial charge in [-0.05, 0) is 79.0 Å². The Bertz CT molecular complexity index is 778. The second-order valence-corrected chi connectivity index (χ2v) is 9.09. The number of carbonyl (C=O) groups is 2. The normalized spacial score (nSPS) is 21.9. The molecule has 1 amide bonds. The standard InChI is InChI=1S/C23H35FN2O4/c1-9-25(20-13-17(24)12-19(16(20)4)21(27)29-8)18-10-14(2)26(15(3)11-18)22(28)30-23(5,6)7/h12-15,18H,9-11H2,1-8H3/t14-,15?,18?/m1/s1. The van der Waals surface area contributed by atoms with Crippen LogP contribution in [-0.2, 0) is 9.47 Å². The van der Waals surface area contributed by atoms with Crippen LogP contribution in [-0.4, -0.2) is 54.3 Å². The van der Waals surface area contributed by atoms with Gasteiger partial charge in [0.1, 0.15) is 11.4 Å². The number of esters is 1. The zero-order valence-electron chi connectivity index (χ0n) is 19.4. The molecular formula is C23H35FN2O4. The molecule has 1 fully saturated rings. The van der Waals surface area contributed by atoms with Gasteiger partial charge in [-0.15, -0.1) is 0 Å². The fourth-order valence-corrected chi connectivity index (χ4v) is 4.38. The van der Waals surface area contributed by atoms with Crippen LogP contribution in [0.5, 0.6) is 0 Å². The van der Waals surface area contributed by atoms with Crippen molar-refractivity contribution in [1.82, 2.24) is 4.90 Å². The van der Waals surface area contributed by atoms with E-state index in [1.54, 1.807) is 4.90 Å². The summed E-state index contributed by atoms with van der Waals surface area (Å²) >= 11 is 0. The second-order valence-electron chi connectivity index (χ2n) is 9.09. The molecule has 7 heteroatoms. The number of likely N-dealkylation sites (tertiary alicyclic amines) is 1. The van der Waals surface area contributed by atoms with Gasteiger partial charge < -0.3 is 19.3 Å². The monoisotopic (exact) mass is 422 g/mol. The molecule has 1 saturated heterocycles. The average Bonchev–Trinajstić information content (AvgIpc) is 2.62. The van der Waals surface area contributed by atoms with Crippen molar-refractivity contribution in [2.45, 2.75) is 85.0 Å². The summed E-state index contributed by atoms with van der Waals surface area (Å²) in [6.45, 7) is 14.1. The van der Waals surface area contributed by atoms with E-state index in [1.807, 2.05) is 48.5 Å². The quantitative estimate of drug-likeness (QED) is 0.645. The van der Waals surface area contributed by atoms with Gasteiger partial charge in [-0.2, -0.15) is 0 Å². The minimum Gasteiger partial charge on any atom is -0.465 e. The number of piperidine rings is 1. The van der Waals surface area contributed by atoms with Gasteiger partial charge >= 0.3 is 12.1 Å². The SMILES string of the molecule is CCN(c1cc(F)cc(C(=O)OC)c1C)C1CC(C)N(C(=O)OC(C)(C)C)[C@H](C)C1. The number of carbonyl (C=O) groups excluding carboxylic acids is 2. The summed E-state index contributed by atoms with van der Waals surface area (Å²) < 4.78 is 24.7. The highest BCUT2D eigenvalue weighted by Gasteiger charge is 2.38. The molecule has 0 aliphatic carbocycles. The van der Waals surface area contributed by atoms with Gasteiger partial charge in [-0.3, -0.25) is 0 Å². The van der Waals surface area contributed by atoms with Crippen LogP contribution in [0.3, 0.4) is 0 Å². The first-order chi connectivity index (χ1) is 13.9. The Hall–Kier alpha value is -2.31. The number of nitrogens with zero attached hydrogens (tertiary/aromatic N) is 2. The molecule has 0 spiro atoms. The van der Waals surface area contributed by atoms with Crippen LogP contribution in [0.2, 0.25) is 0 Å². The third kappa shape index (κ3) is 5.24. The molecule has 0 N–H and O–H groups in total. The van der Waals surface area contributed by atoms with Gasteiger partial charge in [0.15, 0.2) is 0 Å². The van der Waals surface area contributed by atoms with E-state index in [4.69, 9.17) is 9.47 Å². The van der Waals surface area contributed by atoms with Crippen molar-refractivity contribution in [2.75, 3.05) is 18.6 Å². The predicted octanol–water partition coefficient (Wildman–Crippen LogP) is 4.92. The molecule has 1 aromatic carbocycles. The molecule has 1 heterocycles. The Kier molecular flexibility index (Phi) is 7.37. The number of benzene rings is 1. The minimum atomic E-state index is -0.550. The molecule has 0 aromatic heterocycles. The van der Waals surface area contributed by atoms with Gasteiger partial charge in [0.05, 0.1) is 12.7 Å². The highest BCUT2D eigenvalue weighted by atomic mass is 19.1. The average molecular weight is 423 g/mol. The lowest BCUT2D eigenvalue weighted by Gasteiger charge is -2.47. The summed E-state index contributed by atoms with van der Waals surface area (Å²) in [5.74, 6) is -1.02. The van der Waals surface area contributed by atoms with E-state index in [-0.39, 0.29) is 29.8 Å². The lowest BCUT2D eigenvalue weighted by atomic mass is 9.91. The summed E-state index contributed by atoms with van der Waals surface area (Å²) in [6, 6.07) is 2.73. The number of methoxy groups -OCH3 is 1. The molecule has 168 valence electrons. The zero-order chi connectivity index (χ0) is 22.8. The van der Waals surface area contributed by atoms with E-state index in [9.17, 15) is 14.0 Å².